The second-order valence-corrected chi connectivity index (χ2v) is 5.48. The molecule has 0 aliphatic carbocycles. The Morgan fingerprint density at radius 1 is 1.26 bits per heavy atom. The highest BCUT2D eigenvalue weighted by Crippen LogP contribution is 2.21. The van der Waals surface area contributed by atoms with Gasteiger partial charge in [0, 0.05) is 13.1 Å². The molecule has 1 aliphatic heterocycles. The largest absolute Gasteiger partial charge is 0.381 e. The summed E-state index contributed by atoms with van der Waals surface area (Å²) in [5, 5.41) is 3.18. The Labute approximate surface area is 116 Å². The van der Waals surface area contributed by atoms with Gasteiger partial charge in [-0.2, -0.15) is 0 Å². The molecule has 1 N–H and O–H groups in total. The maximum Gasteiger partial charge on any atom is 0.146 e. The van der Waals surface area contributed by atoms with Gasteiger partial charge < -0.3 is 10.2 Å². The fraction of sp³-hybridized carbons (Fsp3) is 0.625. The van der Waals surface area contributed by atoms with Crippen LogP contribution >= 0.6 is 0 Å². The molecule has 0 aromatic heterocycles. The summed E-state index contributed by atoms with van der Waals surface area (Å²) in [7, 11) is 0. The second kappa shape index (κ2) is 7.49. The molecule has 1 aliphatic rings. The van der Waals surface area contributed by atoms with Crippen molar-refractivity contribution in [2.24, 2.45) is 5.92 Å². The number of nitrogens with zero attached hydrogens (tertiary/aromatic N) is 1. The van der Waals surface area contributed by atoms with Crippen LogP contribution in [-0.4, -0.2) is 31.1 Å². The van der Waals surface area contributed by atoms with Crippen molar-refractivity contribution in [1.29, 1.82) is 0 Å². The maximum absolute atomic E-state index is 13.4. The molecule has 106 valence electrons. The number of benzene rings is 1. The number of para-hydroxylation sites is 1. The Hall–Kier alpha value is -1.09. The third kappa shape index (κ3) is 4.50. The lowest BCUT2D eigenvalue weighted by molar-refractivity contribution is 0.184. The Morgan fingerprint density at radius 3 is 2.68 bits per heavy atom. The van der Waals surface area contributed by atoms with Crippen LogP contribution in [0.4, 0.5) is 10.1 Å². The highest BCUT2D eigenvalue weighted by molar-refractivity contribution is 5.44. The summed E-state index contributed by atoms with van der Waals surface area (Å²) < 4.78 is 13.4. The lowest BCUT2D eigenvalue weighted by atomic mass is 9.92. The molecule has 1 aromatic carbocycles. The minimum atomic E-state index is -0.163. The van der Waals surface area contributed by atoms with E-state index in [1.165, 1.54) is 44.8 Å². The fourth-order valence-electron chi connectivity index (χ4n) is 2.86. The highest BCUT2D eigenvalue weighted by Gasteiger charge is 2.17. The van der Waals surface area contributed by atoms with Crippen LogP contribution in [0.1, 0.15) is 32.6 Å². The third-order valence-electron chi connectivity index (χ3n) is 4.02. The van der Waals surface area contributed by atoms with Crippen LogP contribution in [0.3, 0.4) is 0 Å². The van der Waals surface area contributed by atoms with E-state index in [-0.39, 0.29) is 5.82 Å². The molecule has 0 bridgehead atoms. The zero-order chi connectivity index (χ0) is 13.5. The van der Waals surface area contributed by atoms with Crippen LogP contribution < -0.4 is 5.32 Å². The fourth-order valence-corrected chi connectivity index (χ4v) is 2.86. The molecule has 19 heavy (non-hydrogen) atoms. The van der Waals surface area contributed by atoms with Gasteiger partial charge in [0.25, 0.3) is 0 Å². The molecule has 3 heteroatoms. The first-order valence-electron chi connectivity index (χ1n) is 7.50. The molecule has 1 saturated heterocycles. The maximum atomic E-state index is 13.4. The van der Waals surface area contributed by atoms with Gasteiger partial charge in [-0.1, -0.05) is 31.9 Å². The van der Waals surface area contributed by atoms with Gasteiger partial charge in [-0.25, -0.2) is 4.39 Å². The summed E-state index contributed by atoms with van der Waals surface area (Å²) in [5.41, 5.74) is 0.614. The Morgan fingerprint density at radius 2 is 2.00 bits per heavy atom. The number of likely N-dealkylation sites (tertiary alicyclic amines) is 1. The summed E-state index contributed by atoms with van der Waals surface area (Å²) in [4.78, 5) is 2.49. The molecule has 0 radical (unpaired) electrons. The van der Waals surface area contributed by atoms with Crippen molar-refractivity contribution in [2.45, 2.75) is 32.6 Å². The summed E-state index contributed by atoms with van der Waals surface area (Å²) >= 11 is 0. The molecule has 1 aromatic rings. The molecule has 0 atom stereocenters. The van der Waals surface area contributed by atoms with E-state index in [1.807, 2.05) is 6.07 Å². The molecular formula is C16H25FN2. The minimum absolute atomic E-state index is 0.163. The summed E-state index contributed by atoms with van der Waals surface area (Å²) in [5.74, 6) is 0.768. The zero-order valence-electron chi connectivity index (χ0n) is 11.9. The SMILES string of the molecule is CCCC1CCN(CCNc2ccccc2F)CC1. The van der Waals surface area contributed by atoms with Gasteiger partial charge in [0.2, 0.25) is 0 Å². The topological polar surface area (TPSA) is 15.3 Å². The van der Waals surface area contributed by atoms with E-state index in [1.54, 1.807) is 12.1 Å². The number of hydrogen-bond donors (Lipinski definition) is 1. The predicted octanol–water partition coefficient (Wildman–Crippen LogP) is 3.75. The third-order valence-corrected chi connectivity index (χ3v) is 4.02. The van der Waals surface area contributed by atoms with Gasteiger partial charge in [-0.05, 0) is 44.0 Å². The van der Waals surface area contributed by atoms with Crippen LogP contribution in [-0.2, 0) is 0 Å². The summed E-state index contributed by atoms with van der Waals surface area (Å²) in [6, 6.07) is 6.88. The van der Waals surface area contributed by atoms with Gasteiger partial charge in [0.15, 0.2) is 0 Å². The lowest BCUT2D eigenvalue weighted by Gasteiger charge is -2.31. The first-order chi connectivity index (χ1) is 9.29. The van der Waals surface area contributed by atoms with E-state index in [0.29, 0.717) is 5.69 Å². The summed E-state index contributed by atoms with van der Waals surface area (Å²) in [6.45, 7) is 6.49. The van der Waals surface area contributed by atoms with Crippen LogP contribution in [0.25, 0.3) is 0 Å². The van der Waals surface area contributed by atoms with E-state index in [0.717, 1.165) is 19.0 Å². The minimum Gasteiger partial charge on any atom is -0.381 e. The average molecular weight is 264 g/mol. The molecule has 0 amide bonds. The molecule has 2 nitrogen and oxygen atoms in total. The van der Waals surface area contributed by atoms with E-state index in [4.69, 9.17) is 0 Å². The average Bonchev–Trinajstić information content (AvgIpc) is 2.43. The van der Waals surface area contributed by atoms with Crippen LogP contribution in [0, 0.1) is 11.7 Å². The highest BCUT2D eigenvalue weighted by atomic mass is 19.1. The van der Waals surface area contributed by atoms with Crippen molar-refractivity contribution in [3.05, 3.63) is 30.1 Å². The Bertz CT molecular complexity index is 373. The van der Waals surface area contributed by atoms with Crippen LogP contribution in [0.2, 0.25) is 0 Å². The van der Waals surface area contributed by atoms with Crippen molar-refractivity contribution in [2.75, 3.05) is 31.5 Å². The van der Waals surface area contributed by atoms with E-state index in [9.17, 15) is 4.39 Å². The van der Waals surface area contributed by atoms with Crippen molar-refractivity contribution in [1.82, 2.24) is 4.90 Å². The van der Waals surface area contributed by atoms with Crippen molar-refractivity contribution < 1.29 is 4.39 Å². The van der Waals surface area contributed by atoms with E-state index in [2.05, 4.69) is 17.1 Å². The van der Waals surface area contributed by atoms with Gasteiger partial charge in [0.1, 0.15) is 5.82 Å². The van der Waals surface area contributed by atoms with E-state index < -0.39 is 0 Å². The predicted molar refractivity (Wildman–Crippen MR) is 79.0 cm³/mol. The van der Waals surface area contributed by atoms with Gasteiger partial charge >= 0.3 is 0 Å². The van der Waals surface area contributed by atoms with Gasteiger partial charge in [-0.15, -0.1) is 0 Å². The molecule has 1 heterocycles. The standard InChI is InChI=1S/C16H25FN2/c1-2-5-14-8-11-19(12-9-14)13-10-18-16-7-4-3-6-15(16)17/h3-4,6-7,14,18H,2,5,8-13H2,1H3. The molecule has 2 rings (SSSR count). The van der Waals surface area contributed by atoms with Crippen molar-refractivity contribution >= 4 is 5.69 Å². The molecule has 0 spiro atoms. The number of halogens is 1. The number of nitrogens with one attached hydrogen (secondary N) is 1. The zero-order valence-corrected chi connectivity index (χ0v) is 11.9. The number of anilines is 1. The molecule has 1 fully saturated rings. The second-order valence-electron chi connectivity index (χ2n) is 5.48. The Kier molecular flexibility index (Phi) is 5.64. The van der Waals surface area contributed by atoms with E-state index >= 15 is 0 Å². The lowest BCUT2D eigenvalue weighted by Crippen LogP contribution is -2.36. The molecular weight excluding hydrogens is 239 g/mol. The number of hydrogen-bond acceptors (Lipinski definition) is 2. The smallest absolute Gasteiger partial charge is 0.146 e. The Balaban J connectivity index is 1.66. The van der Waals surface area contributed by atoms with Crippen molar-refractivity contribution in [3.63, 3.8) is 0 Å². The normalized spacial score (nSPS) is 17.6. The first kappa shape index (κ1) is 14.3. The van der Waals surface area contributed by atoms with Gasteiger partial charge in [-0.3, -0.25) is 0 Å². The van der Waals surface area contributed by atoms with Crippen LogP contribution in [0.15, 0.2) is 24.3 Å². The van der Waals surface area contributed by atoms with Crippen LogP contribution in [0.5, 0.6) is 0 Å². The first-order valence-corrected chi connectivity index (χ1v) is 7.50. The number of piperidine rings is 1. The monoisotopic (exact) mass is 264 g/mol. The quantitative estimate of drug-likeness (QED) is 0.842. The molecule has 0 saturated carbocycles. The number of rotatable bonds is 6. The van der Waals surface area contributed by atoms with Gasteiger partial charge in [0.05, 0.1) is 5.69 Å². The molecule has 0 unspecified atom stereocenters. The summed E-state index contributed by atoms with van der Waals surface area (Å²) in [6.07, 6.45) is 5.34. The van der Waals surface area contributed by atoms with Crippen molar-refractivity contribution in [3.8, 4) is 0 Å².